The van der Waals surface area contributed by atoms with E-state index in [9.17, 15) is 13.2 Å². The van der Waals surface area contributed by atoms with Crippen LogP contribution in [0, 0.1) is 0 Å². The van der Waals surface area contributed by atoms with Crippen molar-refractivity contribution in [1.82, 2.24) is 4.90 Å². The molecule has 0 unspecified atom stereocenters. The van der Waals surface area contributed by atoms with Crippen molar-refractivity contribution in [2.45, 2.75) is 0 Å². The average molecular weight is 242 g/mol. The molecular weight excluding hydrogens is 228 g/mol. The third-order valence-corrected chi connectivity index (χ3v) is 3.03. The molecule has 0 aliphatic heterocycles. The maximum atomic E-state index is 11.6. The van der Waals surface area contributed by atoms with Crippen molar-refractivity contribution in [2.75, 3.05) is 24.6 Å². The Hall–Kier alpha value is -1.56. The topological polar surface area (TPSA) is 66.5 Å². The summed E-state index contributed by atoms with van der Waals surface area (Å²) in [6, 6.07) is 8.45. The quantitative estimate of drug-likeness (QED) is 0.837. The van der Waals surface area contributed by atoms with Gasteiger partial charge in [0.25, 0.3) is 0 Å². The number of anilines is 1. The van der Waals surface area contributed by atoms with Crippen molar-refractivity contribution in [3.05, 3.63) is 30.3 Å². The zero-order valence-corrected chi connectivity index (χ0v) is 9.99. The molecule has 0 fully saturated rings. The highest BCUT2D eigenvalue weighted by atomic mass is 32.2. The Morgan fingerprint density at radius 3 is 2.31 bits per heavy atom. The number of carbonyl (C=O) groups excluding carboxylic acids is 1. The largest absolute Gasteiger partial charge is 0.348 e. The Kier molecular flexibility index (Phi) is 3.89. The second kappa shape index (κ2) is 4.98. The fourth-order valence-corrected chi connectivity index (χ4v) is 2.16. The highest BCUT2D eigenvalue weighted by Crippen LogP contribution is 2.07. The lowest BCUT2D eigenvalue weighted by molar-refractivity contribution is -0.125. The molecule has 0 aliphatic rings. The van der Waals surface area contributed by atoms with Crippen LogP contribution in [0.3, 0.4) is 0 Å². The number of sulfonamides is 1. The van der Waals surface area contributed by atoms with E-state index >= 15 is 0 Å². The first-order valence-electron chi connectivity index (χ1n) is 4.66. The van der Waals surface area contributed by atoms with Gasteiger partial charge in [-0.05, 0) is 12.1 Å². The maximum Gasteiger partial charge on any atom is 0.241 e. The molecule has 1 amide bonds. The van der Waals surface area contributed by atoms with Gasteiger partial charge in [-0.25, -0.2) is 8.42 Å². The Morgan fingerprint density at radius 1 is 1.25 bits per heavy atom. The van der Waals surface area contributed by atoms with Crippen molar-refractivity contribution < 1.29 is 13.2 Å². The summed E-state index contributed by atoms with van der Waals surface area (Å²) >= 11 is 0. The fourth-order valence-electron chi connectivity index (χ4n) is 1.01. The Balaban J connectivity index is 2.70. The SMILES string of the molecule is CN(C)C(=O)CS(=O)(=O)Nc1ccccc1. The molecule has 0 radical (unpaired) electrons. The third kappa shape index (κ3) is 3.90. The van der Waals surface area contributed by atoms with Crippen LogP contribution in [-0.2, 0) is 14.8 Å². The molecule has 88 valence electrons. The number of hydrogen-bond donors (Lipinski definition) is 1. The van der Waals surface area contributed by atoms with E-state index < -0.39 is 21.7 Å². The van der Waals surface area contributed by atoms with Gasteiger partial charge in [-0.1, -0.05) is 18.2 Å². The smallest absolute Gasteiger partial charge is 0.241 e. The number of benzene rings is 1. The molecule has 6 heteroatoms. The summed E-state index contributed by atoms with van der Waals surface area (Å²) < 4.78 is 25.4. The number of nitrogens with zero attached hydrogens (tertiary/aromatic N) is 1. The van der Waals surface area contributed by atoms with Crippen LogP contribution in [0.2, 0.25) is 0 Å². The van der Waals surface area contributed by atoms with E-state index in [0.717, 1.165) is 0 Å². The van der Waals surface area contributed by atoms with Crippen LogP contribution in [0.25, 0.3) is 0 Å². The molecule has 1 aromatic carbocycles. The van der Waals surface area contributed by atoms with Crippen molar-refractivity contribution in [1.29, 1.82) is 0 Å². The normalized spacial score (nSPS) is 10.9. The number of hydrogen-bond acceptors (Lipinski definition) is 3. The van der Waals surface area contributed by atoms with Gasteiger partial charge in [0.2, 0.25) is 15.9 Å². The van der Waals surface area contributed by atoms with Crippen molar-refractivity contribution in [3.63, 3.8) is 0 Å². The zero-order valence-electron chi connectivity index (χ0n) is 9.17. The lowest BCUT2D eigenvalue weighted by atomic mass is 10.3. The van der Waals surface area contributed by atoms with Crippen LogP contribution in [0.5, 0.6) is 0 Å². The van der Waals surface area contributed by atoms with Gasteiger partial charge < -0.3 is 4.90 Å². The molecule has 16 heavy (non-hydrogen) atoms. The highest BCUT2D eigenvalue weighted by molar-refractivity contribution is 7.93. The summed E-state index contributed by atoms with van der Waals surface area (Å²) in [6.45, 7) is 0. The molecule has 0 saturated carbocycles. The predicted molar refractivity (Wildman–Crippen MR) is 62.5 cm³/mol. The molecule has 1 rings (SSSR count). The predicted octanol–water partition coefficient (Wildman–Crippen LogP) is 0.516. The first-order valence-corrected chi connectivity index (χ1v) is 6.31. The molecule has 0 aliphatic carbocycles. The van der Waals surface area contributed by atoms with E-state index in [4.69, 9.17) is 0 Å². The van der Waals surface area contributed by atoms with Gasteiger partial charge in [-0.3, -0.25) is 9.52 Å². The number of rotatable bonds is 4. The van der Waals surface area contributed by atoms with Gasteiger partial charge in [0.05, 0.1) is 0 Å². The van der Waals surface area contributed by atoms with Crippen molar-refractivity contribution in [3.8, 4) is 0 Å². The van der Waals surface area contributed by atoms with E-state index in [1.807, 2.05) is 0 Å². The molecule has 0 bridgehead atoms. The molecule has 1 N–H and O–H groups in total. The lowest BCUT2D eigenvalue weighted by Crippen LogP contribution is -2.32. The third-order valence-electron chi connectivity index (χ3n) is 1.86. The Labute approximate surface area is 95.1 Å². The van der Waals surface area contributed by atoms with Gasteiger partial charge in [-0.15, -0.1) is 0 Å². The van der Waals surface area contributed by atoms with Crippen LogP contribution in [0.1, 0.15) is 0 Å². The zero-order chi connectivity index (χ0) is 12.2. The Morgan fingerprint density at radius 2 is 1.81 bits per heavy atom. The second-order valence-electron chi connectivity index (χ2n) is 3.52. The van der Waals surface area contributed by atoms with Crippen LogP contribution in [0.4, 0.5) is 5.69 Å². The average Bonchev–Trinajstić information content (AvgIpc) is 2.17. The van der Waals surface area contributed by atoms with E-state index in [0.29, 0.717) is 5.69 Å². The monoisotopic (exact) mass is 242 g/mol. The minimum absolute atomic E-state index is 0.453. The number of amides is 1. The van der Waals surface area contributed by atoms with Gasteiger partial charge >= 0.3 is 0 Å². The summed E-state index contributed by atoms with van der Waals surface area (Å²) in [5.74, 6) is -1.00. The number of para-hydroxylation sites is 1. The van der Waals surface area contributed by atoms with Gasteiger partial charge in [-0.2, -0.15) is 0 Å². The second-order valence-corrected chi connectivity index (χ2v) is 5.24. The molecule has 0 atom stereocenters. The molecule has 0 heterocycles. The molecule has 1 aromatic rings. The summed E-state index contributed by atoms with van der Waals surface area (Å²) in [5.41, 5.74) is 0.453. The number of nitrogens with one attached hydrogen (secondary N) is 1. The highest BCUT2D eigenvalue weighted by Gasteiger charge is 2.17. The standard InChI is InChI=1S/C10H14N2O3S/c1-12(2)10(13)8-16(14,15)11-9-6-4-3-5-7-9/h3-7,11H,8H2,1-2H3. The molecule has 5 nitrogen and oxygen atoms in total. The summed E-state index contributed by atoms with van der Waals surface area (Å²) in [7, 11) is -0.592. The molecule has 0 aromatic heterocycles. The van der Waals surface area contributed by atoms with Gasteiger partial charge in [0.15, 0.2) is 0 Å². The minimum atomic E-state index is -3.62. The first-order chi connectivity index (χ1) is 7.41. The molecule has 0 saturated heterocycles. The van der Waals surface area contributed by atoms with Crippen LogP contribution in [0.15, 0.2) is 30.3 Å². The van der Waals surface area contributed by atoms with E-state index in [1.54, 1.807) is 30.3 Å². The summed E-state index contributed by atoms with van der Waals surface area (Å²) in [4.78, 5) is 12.5. The molecule has 0 spiro atoms. The van der Waals surface area contributed by atoms with Gasteiger partial charge in [0.1, 0.15) is 5.75 Å². The van der Waals surface area contributed by atoms with Crippen molar-refractivity contribution >= 4 is 21.6 Å². The van der Waals surface area contributed by atoms with Gasteiger partial charge in [0, 0.05) is 19.8 Å². The molecular formula is C10H14N2O3S. The van der Waals surface area contributed by atoms with E-state index in [2.05, 4.69) is 4.72 Å². The number of carbonyl (C=O) groups is 1. The first kappa shape index (κ1) is 12.5. The van der Waals surface area contributed by atoms with Crippen LogP contribution < -0.4 is 4.72 Å². The summed E-state index contributed by atoms with van der Waals surface area (Å²) in [6.07, 6.45) is 0. The lowest BCUT2D eigenvalue weighted by Gasteiger charge is -2.11. The van der Waals surface area contributed by atoms with Crippen LogP contribution >= 0.6 is 0 Å². The van der Waals surface area contributed by atoms with E-state index in [1.165, 1.54) is 19.0 Å². The van der Waals surface area contributed by atoms with E-state index in [-0.39, 0.29) is 0 Å². The fraction of sp³-hybridized carbons (Fsp3) is 0.300. The Bertz CT molecular complexity index is 454. The minimum Gasteiger partial charge on any atom is -0.348 e. The maximum absolute atomic E-state index is 11.6. The summed E-state index contributed by atoms with van der Waals surface area (Å²) in [5, 5.41) is 0. The van der Waals surface area contributed by atoms with Crippen LogP contribution in [-0.4, -0.2) is 39.1 Å². The van der Waals surface area contributed by atoms with Crippen molar-refractivity contribution in [2.24, 2.45) is 0 Å².